The molecule has 0 aliphatic heterocycles. The molecule has 0 spiro atoms. The summed E-state index contributed by atoms with van der Waals surface area (Å²) in [6, 6.07) is 21.8. The molecule has 7 heteroatoms. The molecule has 1 N–H and O–H groups in total. The Kier molecular flexibility index (Phi) is 5.74. The van der Waals surface area contributed by atoms with Gasteiger partial charge in [-0.15, -0.1) is 0 Å². The van der Waals surface area contributed by atoms with Gasteiger partial charge in [-0.3, -0.25) is 4.79 Å². The molecule has 4 aromatic rings. The summed E-state index contributed by atoms with van der Waals surface area (Å²) in [6.45, 7) is 0. The molecule has 1 amide bonds. The number of nitrogens with one attached hydrogen (secondary N) is 1. The highest BCUT2D eigenvalue weighted by molar-refractivity contribution is 6.42. The van der Waals surface area contributed by atoms with Crippen LogP contribution in [0, 0.1) is 0 Å². The van der Waals surface area contributed by atoms with Crippen molar-refractivity contribution in [3.63, 3.8) is 0 Å². The third kappa shape index (κ3) is 4.32. The lowest BCUT2D eigenvalue weighted by Crippen LogP contribution is -2.12. The van der Waals surface area contributed by atoms with E-state index in [0.717, 1.165) is 22.7 Å². The van der Waals surface area contributed by atoms with E-state index in [1.807, 2.05) is 48.7 Å². The fraction of sp³-hybridized carbons (Fsp3) is 0.0435. The van der Waals surface area contributed by atoms with Crippen LogP contribution in [0.15, 0.2) is 79.0 Å². The Morgan fingerprint density at radius 2 is 1.77 bits per heavy atom. The van der Waals surface area contributed by atoms with Gasteiger partial charge in [0.1, 0.15) is 5.75 Å². The van der Waals surface area contributed by atoms with Crippen molar-refractivity contribution in [1.82, 2.24) is 9.78 Å². The maximum atomic E-state index is 12.5. The standard InChI is InChI=1S/C23H17Cl2N3O2/c1-30-19-4-2-3-16(13-19)22-11-12-28(27-22)18-8-5-15(6-9-18)23(29)26-17-7-10-20(24)21(25)14-17/h2-14H,1H3,(H,26,29). The number of carbonyl (C=O) groups excluding carboxylic acids is 1. The molecule has 0 atom stereocenters. The topological polar surface area (TPSA) is 56.1 Å². The Balaban J connectivity index is 1.50. The van der Waals surface area contributed by atoms with Crippen molar-refractivity contribution in [1.29, 1.82) is 0 Å². The molecule has 4 rings (SSSR count). The number of rotatable bonds is 5. The lowest BCUT2D eigenvalue weighted by Gasteiger charge is -2.07. The molecule has 1 aromatic heterocycles. The maximum absolute atomic E-state index is 12.5. The van der Waals surface area contributed by atoms with Crippen molar-refractivity contribution in [3.8, 4) is 22.7 Å². The van der Waals surface area contributed by atoms with E-state index in [4.69, 9.17) is 27.9 Å². The second kappa shape index (κ2) is 8.61. The normalized spacial score (nSPS) is 10.6. The molecule has 0 fully saturated rings. The van der Waals surface area contributed by atoms with Gasteiger partial charge in [-0.05, 0) is 60.7 Å². The van der Waals surface area contributed by atoms with Crippen molar-refractivity contribution in [3.05, 3.63) is 94.6 Å². The average Bonchev–Trinajstić information content (AvgIpc) is 3.27. The molecule has 0 aliphatic carbocycles. The van der Waals surface area contributed by atoms with Crippen molar-refractivity contribution in [2.45, 2.75) is 0 Å². The zero-order valence-electron chi connectivity index (χ0n) is 16.0. The lowest BCUT2D eigenvalue weighted by molar-refractivity contribution is 0.102. The molecule has 0 saturated carbocycles. The van der Waals surface area contributed by atoms with Crippen LogP contribution in [-0.4, -0.2) is 22.8 Å². The van der Waals surface area contributed by atoms with Crippen LogP contribution in [0.3, 0.4) is 0 Å². The molecule has 0 saturated heterocycles. The highest BCUT2D eigenvalue weighted by Gasteiger charge is 2.09. The Morgan fingerprint density at radius 1 is 0.967 bits per heavy atom. The summed E-state index contributed by atoms with van der Waals surface area (Å²) in [6.07, 6.45) is 1.87. The molecule has 1 heterocycles. The highest BCUT2D eigenvalue weighted by Crippen LogP contribution is 2.26. The molecule has 0 bridgehead atoms. The van der Waals surface area contributed by atoms with E-state index in [1.165, 1.54) is 0 Å². The first-order valence-electron chi connectivity index (χ1n) is 9.10. The van der Waals surface area contributed by atoms with Crippen LogP contribution in [0.25, 0.3) is 16.9 Å². The van der Waals surface area contributed by atoms with Crippen LogP contribution >= 0.6 is 23.2 Å². The summed E-state index contributed by atoms with van der Waals surface area (Å²) in [7, 11) is 1.64. The van der Waals surface area contributed by atoms with Crippen LogP contribution in [0.4, 0.5) is 5.69 Å². The average molecular weight is 438 g/mol. The Labute approximate surface area is 183 Å². The zero-order valence-corrected chi connectivity index (χ0v) is 17.5. The monoisotopic (exact) mass is 437 g/mol. The minimum Gasteiger partial charge on any atom is -0.497 e. The summed E-state index contributed by atoms with van der Waals surface area (Å²) in [5, 5.41) is 8.25. The van der Waals surface area contributed by atoms with Crippen molar-refractivity contribution >= 4 is 34.8 Å². The lowest BCUT2D eigenvalue weighted by atomic mass is 10.1. The predicted octanol–water partition coefficient (Wildman–Crippen LogP) is 6.11. The van der Waals surface area contributed by atoms with Crippen LogP contribution < -0.4 is 10.1 Å². The predicted molar refractivity (Wildman–Crippen MR) is 120 cm³/mol. The third-order valence-corrected chi connectivity index (χ3v) is 5.27. The molecule has 5 nitrogen and oxygen atoms in total. The number of halogens is 2. The minimum atomic E-state index is -0.238. The van der Waals surface area contributed by atoms with Crippen molar-refractivity contribution < 1.29 is 9.53 Å². The van der Waals surface area contributed by atoms with Crippen LogP contribution in [0.1, 0.15) is 10.4 Å². The van der Waals surface area contributed by atoms with Crippen molar-refractivity contribution in [2.24, 2.45) is 0 Å². The van der Waals surface area contributed by atoms with Gasteiger partial charge in [0.05, 0.1) is 28.5 Å². The van der Waals surface area contributed by atoms with E-state index in [-0.39, 0.29) is 5.91 Å². The van der Waals surface area contributed by atoms with Crippen LogP contribution in [-0.2, 0) is 0 Å². The first kappa shape index (κ1) is 20.0. The number of hydrogen-bond acceptors (Lipinski definition) is 3. The van der Waals surface area contributed by atoms with Gasteiger partial charge in [0, 0.05) is 23.0 Å². The molecule has 0 radical (unpaired) electrons. The van der Waals surface area contributed by atoms with E-state index >= 15 is 0 Å². The van der Waals surface area contributed by atoms with Crippen molar-refractivity contribution in [2.75, 3.05) is 12.4 Å². The van der Waals surface area contributed by atoms with E-state index in [2.05, 4.69) is 10.4 Å². The van der Waals surface area contributed by atoms with Gasteiger partial charge < -0.3 is 10.1 Å². The number of methoxy groups -OCH3 is 1. The first-order valence-corrected chi connectivity index (χ1v) is 9.86. The second-order valence-electron chi connectivity index (χ2n) is 6.51. The maximum Gasteiger partial charge on any atom is 0.255 e. The fourth-order valence-electron chi connectivity index (χ4n) is 2.95. The number of anilines is 1. The van der Waals surface area contributed by atoms with E-state index < -0.39 is 0 Å². The van der Waals surface area contributed by atoms with Crippen LogP contribution in [0.2, 0.25) is 10.0 Å². The van der Waals surface area contributed by atoms with Gasteiger partial charge in [-0.1, -0.05) is 35.3 Å². The number of nitrogens with zero attached hydrogens (tertiary/aromatic N) is 2. The van der Waals surface area contributed by atoms with E-state index in [0.29, 0.717) is 21.3 Å². The van der Waals surface area contributed by atoms with Gasteiger partial charge in [-0.2, -0.15) is 5.10 Å². The molecule has 0 unspecified atom stereocenters. The number of carbonyl (C=O) groups is 1. The summed E-state index contributed by atoms with van der Waals surface area (Å²) in [5.74, 6) is 0.539. The molecule has 0 aliphatic rings. The zero-order chi connectivity index (χ0) is 21.1. The smallest absolute Gasteiger partial charge is 0.255 e. The van der Waals surface area contributed by atoms with Gasteiger partial charge >= 0.3 is 0 Å². The number of amides is 1. The highest BCUT2D eigenvalue weighted by atomic mass is 35.5. The minimum absolute atomic E-state index is 0.238. The summed E-state index contributed by atoms with van der Waals surface area (Å²) < 4.78 is 7.03. The van der Waals surface area contributed by atoms with E-state index in [1.54, 1.807) is 42.1 Å². The Morgan fingerprint density at radius 3 is 2.50 bits per heavy atom. The third-order valence-electron chi connectivity index (χ3n) is 4.53. The summed E-state index contributed by atoms with van der Waals surface area (Å²) >= 11 is 11.9. The number of benzene rings is 3. The molecular weight excluding hydrogens is 421 g/mol. The largest absolute Gasteiger partial charge is 0.497 e. The quantitative estimate of drug-likeness (QED) is 0.409. The first-order chi connectivity index (χ1) is 14.5. The second-order valence-corrected chi connectivity index (χ2v) is 7.32. The number of aromatic nitrogens is 2. The molecule has 150 valence electrons. The SMILES string of the molecule is COc1cccc(-c2ccn(-c3ccc(C(=O)Nc4ccc(Cl)c(Cl)c4)cc3)n2)c1. The van der Waals surface area contributed by atoms with Gasteiger partial charge in [0.2, 0.25) is 0 Å². The Hall–Kier alpha value is -3.28. The van der Waals surface area contributed by atoms with E-state index in [9.17, 15) is 4.79 Å². The molecule has 3 aromatic carbocycles. The van der Waals surface area contributed by atoms with Gasteiger partial charge in [0.15, 0.2) is 0 Å². The molecular formula is C23H17Cl2N3O2. The number of hydrogen-bond donors (Lipinski definition) is 1. The van der Waals surface area contributed by atoms with Gasteiger partial charge in [-0.25, -0.2) is 4.68 Å². The van der Waals surface area contributed by atoms with Crippen LogP contribution in [0.5, 0.6) is 5.75 Å². The van der Waals surface area contributed by atoms with Gasteiger partial charge in [0.25, 0.3) is 5.91 Å². The number of ether oxygens (including phenoxy) is 1. The summed E-state index contributed by atoms with van der Waals surface area (Å²) in [5.41, 5.74) is 3.73. The molecule has 30 heavy (non-hydrogen) atoms. The summed E-state index contributed by atoms with van der Waals surface area (Å²) in [4.78, 5) is 12.5. The fourth-order valence-corrected chi connectivity index (χ4v) is 3.24. The Bertz CT molecular complexity index is 1200.